The molecule has 1 aliphatic carbocycles. The molecule has 0 radical (unpaired) electrons. The van der Waals surface area contributed by atoms with Crippen molar-refractivity contribution in [1.29, 1.82) is 0 Å². The summed E-state index contributed by atoms with van der Waals surface area (Å²) < 4.78 is 0. The maximum atomic E-state index is 12.3. The Morgan fingerprint density at radius 3 is 2.55 bits per heavy atom. The van der Waals surface area contributed by atoms with E-state index in [0.717, 1.165) is 24.8 Å². The molecular formula is C18H28N2O2. The molecule has 2 N–H and O–H groups in total. The maximum Gasteiger partial charge on any atom is 0.317 e. The number of aliphatic hydroxyl groups is 1. The van der Waals surface area contributed by atoms with E-state index in [4.69, 9.17) is 0 Å². The third-order valence-electron chi connectivity index (χ3n) is 5.04. The second-order valence-corrected chi connectivity index (χ2v) is 6.88. The van der Waals surface area contributed by atoms with Crippen molar-refractivity contribution in [3.05, 3.63) is 34.9 Å². The summed E-state index contributed by atoms with van der Waals surface area (Å²) in [5.41, 5.74) is 3.54. The third-order valence-corrected chi connectivity index (χ3v) is 5.04. The monoisotopic (exact) mass is 304 g/mol. The summed E-state index contributed by atoms with van der Waals surface area (Å²) in [6.45, 7) is 6.96. The molecular weight excluding hydrogens is 276 g/mol. The minimum absolute atomic E-state index is 0.0271. The number of nitrogens with one attached hydrogen (secondary N) is 1. The standard InChI is InChI=1S/C18H28N2O2/c1-13-6-7-16(10-14(13)2)15(3)19-17(22)20(4)11-18(12-21)8-5-9-18/h6-7,10,15,21H,5,8-9,11-12H2,1-4H3,(H,19,22)/t15-/m0/s1. The highest BCUT2D eigenvalue weighted by Gasteiger charge is 2.38. The van der Waals surface area contributed by atoms with Crippen molar-refractivity contribution in [3.8, 4) is 0 Å². The number of hydrogen-bond acceptors (Lipinski definition) is 2. The molecule has 1 aromatic rings. The minimum Gasteiger partial charge on any atom is -0.396 e. The Hall–Kier alpha value is -1.55. The predicted molar refractivity (Wildman–Crippen MR) is 88.9 cm³/mol. The highest BCUT2D eigenvalue weighted by atomic mass is 16.3. The summed E-state index contributed by atoms with van der Waals surface area (Å²) in [7, 11) is 1.80. The summed E-state index contributed by atoms with van der Waals surface area (Å²) in [6, 6.07) is 6.17. The molecule has 0 heterocycles. The molecule has 2 rings (SSSR count). The van der Waals surface area contributed by atoms with Crippen LogP contribution in [0.15, 0.2) is 18.2 Å². The normalized spacial score (nSPS) is 17.5. The molecule has 1 fully saturated rings. The Bertz CT molecular complexity index is 532. The van der Waals surface area contributed by atoms with Gasteiger partial charge in [-0.1, -0.05) is 24.6 Å². The van der Waals surface area contributed by atoms with Gasteiger partial charge >= 0.3 is 6.03 Å². The van der Waals surface area contributed by atoms with Crippen LogP contribution in [0.25, 0.3) is 0 Å². The Morgan fingerprint density at radius 2 is 2.05 bits per heavy atom. The Balaban J connectivity index is 1.94. The van der Waals surface area contributed by atoms with Crippen molar-refractivity contribution in [1.82, 2.24) is 10.2 Å². The van der Waals surface area contributed by atoms with Crippen LogP contribution in [0.3, 0.4) is 0 Å². The van der Waals surface area contributed by atoms with Gasteiger partial charge in [-0.2, -0.15) is 0 Å². The Kier molecular flexibility index (Phi) is 5.12. The Labute approximate surface area is 133 Å². The van der Waals surface area contributed by atoms with Crippen LogP contribution in [0.1, 0.15) is 48.9 Å². The minimum atomic E-state index is -0.0783. The van der Waals surface area contributed by atoms with Crippen molar-refractivity contribution in [3.63, 3.8) is 0 Å². The fourth-order valence-corrected chi connectivity index (χ4v) is 3.03. The van der Waals surface area contributed by atoms with Gasteiger partial charge in [0.2, 0.25) is 0 Å². The first-order valence-corrected chi connectivity index (χ1v) is 8.06. The number of nitrogens with zero attached hydrogens (tertiary/aromatic N) is 1. The number of carbonyl (C=O) groups excluding carboxylic acids is 1. The van der Waals surface area contributed by atoms with Gasteiger partial charge < -0.3 is 15.3 Å². The molecule has 0 aliphatic heterocycles. The zero-order chi connectivity index (χ0) is 16.3. The maximum absolute atomic E-state index is 12.3. The van der Waals surface area contributed by atoms with E-state index in [1.807, 2.05) is 6.92 Å². The van der Waals surface area contributed by atoms with Crippen LogP contribution in [-0.2, 0) is 0 Å². The number of carbonyl (C=O) groups is 1. The highest BCUT2D eigenvalue weighted by Crippen LogP contribution is 2.40. The average molecular weight is 304 g/mol. The molecule has 0 bridgehead atoms. The van der Waals surface area contributed by atoms with Crippen molar-refractivity contribution in [2.75, 3.05) is 20.2 Å². The van der Waals surface area contributed by atoms with E-state index in [9.17, 15) is 9.90 Å². The molecule has 22 heavy (non-hydrogen) atoms. The van der Waals surface area contributed by atoms with Crippen LogP contribution < -0.4 is 5.32 Å². The van der Waals surface area contributed by atoms with E-state index < -0.39 is 0 Å². The van der Waals surface area contributed by atoms with Gasteiger partial charge in [0.15, 0.2) is 0 Å². The first kappa shape index (κ1) is 16.8. The number of benzene rings is 1. The Morgan fingerprint density at radius 1 is 1.36 bits per heavy atom. The average Bonchev–Trinajstić information content (AvgIpc) is 2.45. The van der Waals surface area contributed by atoms with Gasteiger partial charge in [0, 0.05) is 19.0 Å². The summed E-state index contributed by atoms with van der Waals surface area (Å²) in [6.07, 6.45) is 3.16. The lowest BCUT2D eigenvalue weighted by Crippen LogP contribution is -2.48. The second kappa shape index (κ2) is 6.69. The molecule has 122 valence electrons. The molecule has 2 amide bonds. The highest BCUT2D eigenvalue weighted by molar-refractivity contribution is 5.74. The smallest absolute Gasteiger partial charge is 0.317 e. The summed E-state index contributed by atoms with van der Waals surface area (Å²) >= 11 is 0. The van der Waals surface area contributed by atoms with Gasteiger partial charge in [-0.05, 0) is 50.3 Å². The van der Waals surface area contributed by atoms with Crippen LogP contribution in [-0.4, -0.2) is 36.2 Å². The van der Waals surface area contributed by atoms with E-state index in [0.29, 0.717) is 6.54 Å². The molecule has 0 aromatic heterocycles. The van der Waals surface area contributed by atoms with Crippen LogP contribution >= 0.6 is 0 Å². The van der Waals surface area contributed by atoms with Crippen LogP contribution in [0, 0.1) is 19.3 Å². The first-order valence-electron chi connectivity index (χ1n) is 8.06. The predicted octanol–water partition coefficient (Wildman–Crippen LogP) is 3.17. The molecule has 4 heteroatoms. The number of urea groups is 1. The molecule has 1 aliphatic rings. The second-order valence-electron chi connectivity index (χ2n) is 6.88. The van der Waals surface area contributed by atoms with Gasteiger partial charge in [-0.3, -0.25) is 0 Å². The van der Waals surface area contributed by atoms with Crippen LogP contribution in [0.2, 0.25) is 0 Å². The van der Waals surface area contributed by atoms with Gasteiger partial charge in [-0.25, -0.2) is 4.79 Å². The summed E-state index contributed by atoms with van der Waals surface area (Å²) in [5, 5.41) is 12.6. The van der Waals surface area contributed by atoms with Gasteiger partial charge in [0.25, 0.3) is 0 Å². The quantitative estimate of drug-likeness (QED) is 0.878. The first-order chi connectivity index (χ1) is 10.4. The lowest BCUT2D eigenvalue weighted by Gasteiger charge is -2.42. The third kappa shape index (κ3) is 3.61. The van der Waals surface area contributed by atoms with Crippen molar-refractivity contribution in [2.45, 2.75) is 46.1 Å². The van der Waals surface area contributed by atoms with Gasteiger partial charge in [-0.15, -0.1) is 0 Å². The molecule has 0 unspecified atom stereocenters. The molecule has 0 spiro atoms. The van der Waals surface area contributed by atoms with E-state index in [-0.39, 0.29) is 24.1 Å². The fraction of sp³-hybridized carbons (Fsp3) is 0.611. The molecule has 1 atom stereocenters. The van der Waals surface area contributed by atoms with Gasteiger partial charge in [0.05, 0.1) is 12.6 Å². The van der Waals surface area contributed by atoms with E-state index in [1.54, 1.807) is 11.9 Å². The molecule has 0 saturated heterocycles. The number of amides is 2. The number of aryl methyl sites for hydroxylation is 2. The molecule has 1 saturated carbocycles. The number of hydrogen-bond donors (Lipinski definition) is 2. The number of rotatable bonds is 5. The SMILES string of the molecule is Cc1ccc([C@H](C)NC(=O)N(C)CC2(CO)CCC2)cc1C. The van der Waals surface area contributed by atoms with Gasteiger partial charge in [0.1, 0.15) is 0 Å². The lowest BCUT2D eigenvalue weighted by atomic mass is 9.69. The zero-order valence-corrected chi connectivity index (χ0v) is 14.1. The number of aliphatic hydroxyl groups excluding tert-OH is 1. The van der Waals surface area contributed by atoms with E-state index in [2.05, 4.69) is 37.4 Å². The van der Waals surface area contributed by atoms with Crippen LogP contribution in [0.4, 0.5) is 4.79 Å². The topological polar surface area (TPSA) is 52.6 Å². The van der Waals surface area contributed by atoms with Crippen LogP contribution in [0.5, 0.6) is 0 Å². The van der Waals surface area contributed by atoms with E-state index in [1.165, 1.54) is 11.1 Å². The van der Waals surface area contributed by atoms with Crippen molar-refractivity contribution < 1.29 is 9.90 Å². The molecule has 1 aromatic carbocycles. The summed E-state index contributed by atoms with van der Waals surface area (Å²) in [4.78, 5) is 14.0. The van der Waals surface area contributed by atoms with Crippen molar-refractivity contribution >= 4 is 6.03 Å². The molecule has 4 nitrogen and oxygen atoms in total. The zero-order valence-electron chi connectivity index (χ0n) is 14.1. The van der Waals surface area contributed by atoms with E-state index >= 15 is 0 Å². The fourth-order valence-electron chi connectivity index (χ4n) is 3.03. The summed E-state index contributed by atoms with van der Waals surface area (Å²) in [5.74, 6) is 0. The van der Waals surface area contributed by atoms with Crippen molar-refractivity contribution in [2.24, 2.45) is 5.41 Å². The largest absolute Gasteiger partial charge is 0.396 e. The lowest BCUT2D eigenvalue weighted by molar-refractivity contribution is 0.0227.